The lowest BCUT2D eigenvalue weighted by molar-refractivity contribution is -0.140. The third-order valence-electron chi connectivity index (χ3n) is 4.22. The van der Waals surface area contributed by atoms with E-state index in [2.05, 4.69) is 20.7 Å². The van der Waals surface area contributed by atoms with Crippen LogP contribution in [0, 0.1) is 5.92 Å². The molecule has 0 aliphatic carbocycles. The van der Waals surface area contributed by atoms with Crippen LogP contribution in [0.3, 0.4) is 0 Å². The number of methoxy groups -OCH3 is 1. The Bertz CT molecular complexity index is 595. The number of hydrogen-bond donors (Lipinski definition) is 3. The van der Waals surface area contributed by atoms with Crippen molar-refractivity contribution in [2.45, 2.75) is 25.7 Å². The quantitative estimate of drug-likeness (QED) is 0.616. The van der Waals surface area contributed by atoms with Crippen molar-refractivity contribution in [3.05, 3.63) is 29.8 Å². The molecular weight excluding hydrogens is 322 g/mol. The fourth-order valence-corrected chi connectivity index (χ4v) is 2.71. The molecule has 1 fully saturated rings. The Morgan fingerprint density at radius 2 is 1.96 bits per heavy atom. The summed E-state index contributed by atoms with van der Waals surface area (Å²) >= 11 is 0. The molecule has 2 rings (SSSR count). The normalized spacial score (nSPS) is 16.3. The molecule has 0 saturated carbocycles. The van der Waals surface area contributed by atoms with Crippen molar-refractivity contribution in [1.82, 2.24) is 10.6 Å². The second-order valence-corrected chi connectivity index (χ2v) is 6.11. The predicted molar refractivity (Wildman–Crippen MR) is 94.2 cm³/mol. The van der Waals surface area contributed by atoms with Crippen LogP contribution in [-0.2, 0) is 14.3 Å². The van der Waals surface area contributed by atoms with E-state index >= 15 is 0 Å². The third kappa shape index (κ3) is 6.54. The molecule has 0 spiro atoms. The summed E-state index contributed by atoms with van der Waals surface area (Å²) in [6.07, 6.45) is 2.65. The molecule has 1 heterocycles. The van der Waals surface area contributed by atoms with E-state index in [1.807, 2.05) is 0 Å². The Kier molecular flexibility index (Phi) is 7.40. The lowest BCUT2D eigenvalue weighted by atomic mass is 10.0. The summed E-state index contributed by atoms with van der Waals surface area (Å²) in [6.45, 7) is 2.25. The molecular formula is C18H25N3O4. The fraction of sp³-hybridized carbons (Fsp3) is 0.500. The van der Waals surface area contributed by atoms with Gasteiger partial charge in [-0.1, -0.05) is 0 Å². The minimum atomic E-state index is -0.369. The molecule has 0 bridgehead atoms. The highest BCUT2D eigenvalue weighted by molar-refractivity contribution is 5.95. The van der Waals surface area contributed by atoms with Gasteiger partial charge in [0.05, 0.1) is 13.5 Å². The van der Waals surface area contributed by atoms with Crippen molar-refractivity contribution in [2.75, 3.05) is 32.1 Å². The number of ether oxygens (including phenoxy) is 1. The second-order valence-electron chi connectivity index (χ2n) is 6.11. The number of carbonyl (C=O) groups excluding carboxylic acids is 3. The van der Waals surface area contributed by atoms with E-state index in [0.29, 0.717) is 23.6 Å². The van der Waals surface area contributed by atoms with Gasteiger partial charge in [-0.3, -0.25) is 14.4 Å². The van der Waals surface area contributed by atoms with Gasteiger partial charge in [0, 0.05) is 24.2 Å². The number of carbonyl (C=O) groups is 3. The molecule has 136 valence electrons. The maximum Gasteiger partial charge on any atom is 0.307 e. The van der Waals surface area contributed by atoms with Gasteiger partial charge < -0.3 is 20.7 Å². The molecule has 3 N–H and O–H groups in total. The largest absolute Gasteiger partial charge is 0.469 e. The van der Waals surface area contributed by atoms with Gasteiger partial charge in [-0.25, -0.2) is 0 Å². The van der Waals surface area contributed by atoms with Crippen LogP contribution in [0.25, 0.3) is 0 Å². The highest BCUT2D eigenvalue weighted by Crippen LogP contribution is 2.15. The summed E-state index contributed by atoms with van der Waals surface area (Å²) < 4.78 is 4.51. The van der Waals surface area contributed by atoms with Gasteiger partial charge >= 0.3 is 5.97 Å². The van der Waals surface area contributed by atoms with Gasteiger partial charge in [0.2, 0.25) is 5.91 Å². The lowest BCUT2D eigenvalue weighted by Gasteiger charge is -2.09. The number of anilines is 1. The van der Waals surface area contributed by atoms with Gasteiger partial charge in [0.1, 0.15) is 0 Å². The van der Waals surface area contributed by atoms with Gasteiger partial charge in [0.25, 0.3) is 5.91 Å². The van der Waals surface area contributed by atoms with E-state index in [9.17, 15) is 14.4 Å². The van der Waals surface area contributed by atoms with Crippen LogP contribution in [0.1, 0.15) is 36.0 Å². The fourth-order valence-electron chi connectivity index (χ4n) is 2.71. The smallest absolute Gasteiger partial charge is 0.307 e. The van der Waals surface area contributed by atoms with E-state index in [0.717, 1.165) is 25.9 Å². The van der Waals surface area contributed by atoms with E-state index in [1.54, 1.807) is 24.3 Å². The zero-order valence-corrected chi connectivity index (χ0v) is 14.5. The topological polar surface area (TPSA) is 96.5 Å². The minimum absolute atomic E-state index is 0.0119. The van der Waals surface area contributed by atoms with E-state index in [4.69, 9.17) is 0 Å². The molecule has 1 aromatic carbocycles. The SMILES string of the molecule is COC(=O)CCNC(=O)c1ccc(NC(=O)CCC2CCNC2)cc1. The van der Waals surface area contributed by atoms with Crippen LogP contribution in [0.5, 0.6) is 0 Å². The molecule has 1 aliphatic rings. The summed E-state index contributed by atoms with van der Waals surface area (Å²) in [6, 6.07) is 6.68. The minimum Gasteiger partial charge on any atom is -0.469 e. The Hall–Kier alpha value is -2.41. The Morgan fingerprint density at radius 3 is 2.60 bits per heavy atom. The molecule has 1 aromatic rings. The van der Waals surface area contributed by atoms with Crippen LogP contribution in [0.4, 0.5) is 5.69 Å². The van der Waals surface area contributed by atoms with Crippen LogP contribution in [0.15, 0.2) is 24.3 Å². The van der Waals surface area contributed by atoms with Crippen LogP contribution >= 0.6 is 0 Å². The summed E-state index contributed by atoms with van der Waals surface area (Å²) in [5, 5.41) is 8.78. The number of nitrogens with one attached hydrogen (secondary N) is 3. The van der Waals surface area contributed by atoms with E-state index < -0.39 is 0 Å². The standard InChI is InChI=1S/C18H25N3O4/c1-25-17(23)9-11-20-18(24)14-3-5-15(6-4-14)21-16(22)7-2-13-8-10-19-12-13/h3-6,13,19H,2,7-12H2,1H3,(H,20,24)(H,21,22). The first-order valence-corrected chi connectivity index (χ1v) is 8.54. The summed E-state index contributed by atoms with van der Waals surface area (Å²) in [4.78, 5) is 34.9. The molecule has 0 aromatic heterocycles. The van der Waals surface area contributed by atoms with Crippen LogP contribution in [-0.4, -0.2) is 44.5 Å². The predicted octanol–water partition coefficient (Wildman–Crippen LogP) is 1.31. The van der Waals surface area contributed by atoms with Gasteiger partial charge in [-0.15, -0.1) is 0 Å². The highest BCUT2D eigenvalue weighted by atomic mass is 16.5. The summed E-state index contributed by atoms with van der Waals surface area (Å²) in [5.41, 5.74) is 1.14. The Balaban J connectivity index is 1.73. The monoisotopic (exact) mass is 347 g/mol. The van der Waals surface area contributed by atoms with Crippen molar-refractivity contribution in [3.8, 4) is 0 Å². The maximum atomic E-state index is 12.0. The van der Waals surface area contributed by atoms with Gasteiger partial charge in [0.15, 0.2) is 0 Å². The highest BCUT2D eigenvalue weighted by Gasteiger charge is 2.15. The molecule has 25 heavy (non-hydrogen) atoms. The molecule has 1 unspecified atom stereocenters. The molecule has 1 aliphatic heterocycles. The Morgan fingerprint density at radius 1 is 1.20 bits per heavy atom. The lowest BCUT2D eigenvalue weighted by Crippen LogP contribution is -2.26. The summed E-state index contributed by atoms with van der Waals surface area (Å²) in [5.74, 6) is -0.0637. The maximum absolute atomic E-state index is 12.0. The van der Waals surface area contributed by atoms with E-state index in [1.165, 1.54) is 7.11 Å². The van der Waals surface area contributed by atoms with Gasteiger partial charge in [-0.05, 0) is 56.1 Å². The van der Waals surface area contributed by atoms with Crippen LogP contribution < -0.4 is 16.0 Å². The first kappa shape index (κ1) is 18.9. The number of benzene rings is 1. The number of esters is 1. The zero-order chi connectivity index (χ0) is 18.1. The van der Waals surface area contributed by atoms with E-state index in [-0.39, 0.29) is 30.7 Å². The summed E-state index contributed by atoms with van der Waals surface area (Å²) in [7, 11) is 1.31. The van der Waals surface area contributed by atoms with Crippen molar-refractivity contribution in [1.29, 1.82) is 0 Å². The first-order chi connectivity index (χ1) is 12.1. The third-order valence-corrected chi connectivity index (χ3v) is 4.22. The number of amides is 2. The van der Waals surface area contributed by atoms with Crippen molar-refractivity contribution < 1.29 is 19.1 Å². The number of hydrogen-bond acceptors (Lipinski definition) is 5. The molecule has 0 radical (unpaired) electrons. The Labute approximate surface area is 147 Å². The van der Waals surface area contributed by atoms with Crippen LogP contribution in [0.2, 0.25) is 0 Å². The first-order valence-electron chi connectivity index (χ1n) is 8.54. The average Bonchev–Trinajstić information content (AvgIpc) is 3.14. The zero-order valence-electron chi connectivity index (χ0n) is 14.5. The average molecular weight is 347 g/mol. The van der Waals surface area contributed by atoms with Crippen molar-refractivity contribution in [3.63, 3.8) is 0 Å². The second kappa shape index (κ2) is 9.78. The molecule has 2 amide bonds. The van der Waals surface area contributed by atoms with Gasteiger partial charge in [-0.2, -0.15) is 0 Å². The number of rotatable bonds is 8. The van der Waals surface area contributed by atoms with Crippen molar-refractivity contribution in [2.24, 2.45) is 5.92 Å². The molecule has 7 nitrogen and oxygen atoms in total. The molecule has 7 heteroatoms. The molecule has 1 saturated heterocycles. The molecule has 1 atom stereocenters. The van der Waals surface area contributed by atoms with Crippen molar-refractivity contribution >= 4 is 23.5 Å².